The van der Waals surface area contributed by atoms with Crippen LogP contribution in [0.3, 0.4) is 0 Å². The molecule has 4 N–H and O–H groups in total. The first-order valence-corrected chi connectivity index (χ1v) is 5.40. The lowest BCUT2D eigenvalue weighted by molar-refractivity contribution is 0.315. The molecule has 5 heteroatoms. The highest BCUT2D eigenvalue weighted by atomic mass is 35.5. The standard InChI is InChI=1S/C11H16ClN3O/c1-7-3-4-9(12)5-10(7)14-6-8(2)11(13)15-16/h3-5,8,14,16H,6H2,1-2H3,(H2,13,15). The van der Waals surface area contributed by atoms with E-state index in [2.05, 4.69) is 10.5 Å². The maximum absolute atomic E-state index is 8.52. The Bertz CT molecular complexity index is 393. The van der Waals surface area contributed by atoms with E-state index in [0.717, 1.165) is 11.3 Å². The maximum Gasteiger partial charge on any atom is 0.143 e. The van der Waals surface area contributed by atoms with Crippen molar-refractivity contribution in [2.24, 2.45) is 16.8 Å². The summed E-state index contributed by atoms with van der Waals surface area (Å²) in [6.07, 6.45) is 0. The van der Waals surface area contributed by atoms with Crippen LogP contribution in [0.1, 0.15) is 12.5 Å². The number of hydrogen-bond acceptors (Lipinski definition) is 3. The van der Waals surface area contributed by atoms with E-state index in [-0.39, 0.29) is 11.8 Å². The van der Waals surface area contributed by atoms with Gasteiger partial charge in [0.15, 0.2) is 0 Å². The van der Waals surface area contributed by atoms with Gasteiger partial charge >= 0.3 is 0 Å². The molecule has 0 aliphatic carbocycles. The van der Waals surface area contributed by atoms with Crippen LogP contribution in [0.25, 0.3) is 0 Å². The van der Waals surface area contributed by atoms with Gasteiger partial charge in [-0.05, 0) is 24.6 Å². The molecule has 0 spiro atoms. The molecule has 0 aliphatic rings. The Morgan fingerprint density at radius 3 is 2.94 bits per heavy atom. The molecule has 88 valence electrons. The van der Waals surface area contributed by atoms with Gasteiger partial charge in [-0.2, -0.15) is 0 Å². The molecule has 1 rings (SSSR count). The van der Waals surface area contributed by atoms with E-state index in [1.807, 2.05) is 32.0 Å². The molecule has 0 aliphatic heterocycles. The quantitative estimate of drug-likeness (QED) is 0.328. The van der Waals surface area contributed by atoms with E-state index in [1.165, 1.54) is 0 Å². The Morgan fingerprint density at radius 1 is 1.62 bits per heavy atom. The van der Waals surface area contributed by atoms with E-state index >= 15 is 0 Å². The third kappa shape index (κ3) is 3.31. The van der Waals surface area contributed by atoms with Crippen LogP contribution in [0.5, 0.6) is 0 Å². The summed E-state index contributed by atoms with van der Waals surface area (Å²) >= 11 is 5.89. The average molecular weight is 242 g/mol. The molecular formula is C11H16ClN3O. The molecule has 16 heavy (non-hydrogen) atoms. The summed E-state index contributed by atoms with van der Waals surface area (Å²) in [5.41, 5.74) is 7.55. The molecule has 1 unspecified atom stereocenters. The molecule has 0 radical (unpaired) electrons. The smallest absolute Gasteiger partial charge is 0.143 e. The lowest BCUT2D eigenvalue weighted by Gasteiger charge is -2.14. The SMILES string of the molecule is Cc1ccc(Cl)cc1NCC(C)C(N)=NO. The van der Waals surface area contributed by atoms with Crippen LogP contribution in [0.15, 0.2) is 23.4 Å². The van der Waals surface area contributed by atoms with Crippen molar-refractivity contribution in [3.8, 4) is 0 Å². The summed E-state index contributed by atoms with van der Waals surface area (Å²) in [7, 11) is 0. The van der Waals surface area contributed by atoms with Crippen molar-refractivity contribution in [1.82, 2.24) is 0 Å². The molecule has 0 amide bonds. The number of aryl methyl sites for hydroxylation is 1. The van der Waals surface area contributed by atoms with Gasteiger partial charge in [0.25, 0.3) is 0 Å². The third-order valence-electron chi connectivity index (χ3n) is 2.42. The van der Waals surface area contributed by atoms with Crippen molar-refractivity contribution < 1.29 is 5.21 Å². The lowest BCUT2D eigenvalue weighted by Crippen LogP contribution is -2.27. The van der Waals surface area contributed by atoms with Crippen LogP contribution >= 0.6 is 11.6 Å². The summed E-state index contributed by atoms with van der Waals surface area (Å²) in [6, 6.07) is 5.64. The van der Waals surface area contributed by atoms with E-state index in [4.69, 9.17) is 22.5 Å². The number of rotatable bonds is 4. The highest BCUT2D eigenvalue weighted by Gasteiger charge is 2.08. The van der Waals surface area contributed by atoms with Crippen LogP contribution in [-0.2, 0) is 0 Å². The molecule has 0 heterocycles. The molecule has 0 fully saturated rings. The number of amidine groups is 1. The van der Waals surface area contributed by atoms with Crippen molar-refractivity contribution >= 4 is 23.1 Å². The van der Waals surface area contributed by atoms with Crippen molar-refractivity contribution in [2.75, 3.05) is 11.9 Å². The molecule has 1 atom stereocenters. The normalized spacial score (nSPS) is 13.6. The fraction of sp³-hybridized carbons (Fsp3) is 0.364. The summed E-state index contributed by atoms with van der Waals surface area (Å²) in [5.74, 6) is 0.176. The topological polar surface area (TPSA) is 70.6 Å². The Labute approximate surface area is 100 Å². The van der Waals surface area contributed by atoms with Gasteiger partial charge in [0.05, 0.1) is 0 Å². The lowest BCUT2D eigenvalue weighted by atomic mass is 10.1. The molecule has 0 saturated carbocycles. The second kappa shape index (κ2) is 5.61. The minimum atomic E-state index is -0.0385. The fourth-order valence-electron chi connectivity index (χ4n) is 1.25. The second-order valence-corrected chi connectivity index (χ2v) is 4.20. The molecular weight excluding hydrogens is 226 g/mol. The minimum Gasteiger partial charge on any atom is -0.409 e. The first-order chi connectivity index (χ1) is 7.54. The Hall–Kier alpha value is -1.42. The van der Waals surface area contributed by atoms with Crippen molar-refractivity contribution in [2.45, 2.75) is 13.8 Å². The highest BCUT2D eigenvalue weighted by molar-refractivity contribution is 6.30. The highest BCUT2D eigenvalue weighted by Crippen LogP contribution is 2.20. The third-order valence-corrected chi connectivity index (χ3v) is 2.65. The number of anilines is 1. The van der Waals surface area contributed by atoms with E-state index < -0.39 is 0 Å². The van der Waals surface area contributed by atoms with Gasteiger partial charge in [0.1, 0.15) is 5.84 Å². The van der Waals surface area contributed by atoms with E-state index in [1.54, 1.807) is 0 Å². The van der Waals surface area contributed by atoms with Crippen LogP contribution in [-0.4, -0.2) is 17.6 Å². The molecule has 4 nitrogen and oxygen atoms in total. The van der Waals surface area contributed by atoms with Gasteiger partial charge in [0.2, 0.25) is 0 Å². The Kier molecular flexibility index (Phi) is 4.43. The van der Waals surface area contributed by atoms with E-state index in [9.17, 15) is 0 Å². The van der Waals surface area contributed by atoms with Gasteiger partial charge in [0, 0.05) is 23.2 Å². The van der Waals surface area contributed by atoms with Gasteiger partial charge in [-0.25, -0.2) is 0 Å². The van der Waals surface area contributed by atoms with Gasteiger partial charge in [-0.3, -0.25) is 0 Å². The maximum atomic E-state index is 8.52. The second-order valence-electron chi connectivity index (χ2n) is 3.77. The largest absolute Gasteiger partial charge is 0.409 e. The zero-order chi connectivity index (χ0) is 12.1. The van der Waals surface area contributed by atoms with Gasteiger partial charge in [-0.1, -0.05) is 29.7 Å². The molecule has 0 bridgehead atoms. The number of oxime groups is 1. The predicted molar refractivity (Wildman–Crippen MR) is 67.3 cm³/mol. The van der Waals surface area contributed by atoms with Crippen molar-refractivity contribution in [3.63, 3.8) is 0 Å². The van der Waals surface area contributed by atoms with Crippen LogP contribution in [0.4, 0.5) is 5.69 Å². The number of benzene rings is 1. The summed E-state index contributed by atoms with van der Waals surface area (Å²) < 4.78 is 0. The molecule has 0 aromatic heterocycles. The number of hydrogen-bond donors (Lipinski definition) is 3. The molecule has 1 aromatic carbocycles. The predicted octanol–water partition coefficient (Wildman–Crippen LogP) is 2.44. The number of nitrogens with zero attached hydrogens (tertiary/aromatic N) is 1. The summed E-state index contributed by atoms with van der Waals surface area (Å²) in [5, 5.41) is 15.4. The van der Waals surface area contributed by atoms with Crippen LogP contribution in [0.2, 0.25) is 5.02 Å². The van der Waals surface area contributed by atoms with Crippen molar-refractivity contribution in [3.05, 3.63) is 28.8 Å². The van der Waals surface area contributed by atoms with Crippen molar-refractivity contribution in [1.29, 1.82) is 0 Å². The average Bonchev–Trinajstić information content (AvgIpc) is 2.28. The molecule has 0 saturated heterocycles. The summed E-state index contributed by atoms with van der Waals surface area (Å²) in [6.45, 7) is 4.46. The Morgan fingerprint density at radius 2 is 2.31 bits per heavy atom. The number of nitrogens with two attached hydrogens (primary N) is 1. The minimum absolute atomic E-state index is 0.0385. The monoisotopic (exact) mass is 241 g/mol. The number of nitrogens with one attached hydrogen (secondary N) is 1. The van der Waals surface area contributed by atoms with Gasteiger partial charge in [-0.15, -0.1) is 0 Å². The van der Waals surface area contributed by atoms with Gasteiger partial charge < -0.3 is 16.3 Å². The van der Waals surface area contributed by atoms with E-state index in [0.29, 0.717) is 11.6 Å². The Balaban J connectivity index is 2.64. The number of halogens is 1. The zero-order valence-corrected chi connectivity index (χ0v) is 10.1. The van der Waals surface area contributed by atoms with Crippen LogP contribution < -0.4 is 11.1 Å². The zero-order valence-electron chi connectivity index (χ0n) is 9.37. The van der Waals surface area contributed by atoms with Crippen LogP contribution in [0, 0.1) is 12.8 Å². The fourth-order valence-corrected chi connectivity index (χ4v) is 1.42. The molecule has 1 aromatic rings. The first kappa shape index (κ1) is 12.6. The first-order valence-electron chi connectivity index (χ1n) is 5.02. The summed E-state index contributed by atoms with van der Waals surface area (Å²) in [4.78, 5) is 0.